The maximum Gasteiger partial charge on any atom is 0.256 e. The zero-order chi connectivity index (χ0) is 24.4. The maximum absolute atomic E-state index is 12.4. The van der Waals surface area contributed by atoms with Gasteiger partial charge in [0.25, 0.3) is 5.56 Å². The molecule has 4 aliphatic rings. The third kappa shape index (κ3) is 4.87. The van der Waals surface area contributed by atoms with E-state index in [4.69, 9.17) is 4.74 Å². The summed E-state index contributed by atoms with van der Waals surface area (Å²) in [5.41, 5.74) is 3.04. The van der Waals surface area contributed by atoms with Crippen molar-refractivity contribution in [2.24, 2.45) is 17.8 Å². The number of hydrogen-bond donors (Lipinski definition) is 0. The second-order valence-electron chi connectivity index (χ2n) is 11.6. The number of rotatable bonds is 10. The van der Waals surface area contributed by atoms with E-state index in [2.05, 4.69) is 29.2 Å². The standard InChI is InChI=1S/C32H38N2O2/c35-31-11-7-9-28(34(31)30-10-4-5-16-33-30)8-3-1-2-6-17-36-29-14-12-27(13-15-29)32-21-24-18-25(22-32)20-26(19-24)23-32/h4-5,7,9-16,24-26H,1-3,6,8,17-23H2. The molecule has 4 bridgehead atoms. The quantitative estimate of drug-likeness (QED) is 0.296. The summed E-state index contributed by atoms with van der Waals surface area (Å²) >= 11 is 0. The minimum atomic E-state index is -0.0196. The van der Waals surface area contributed by atoms with Crippen LogP contribution in [-0.2, 0) is 11.8 Å². The smallest absolute Gasteiger partial charge is 0.256 e. The Morgan fingerprint density at radius 1 is 0.806 bits per heavy atom. The zero-order valence-electron chi connectivity index (χ0n) is 21.3. The molecule has 36 heavy (non-hydrogen) atoms. The number of nitrogens with zero attached hydrogens (tertiary/aromatic N) is 2. The molecule has 188 valence electrons. The van der Waals surface area contributed by atoms with E-state index in [0.717, 1.165) is 67.9 Å². The lowest BCUT2D eigenvalue weighted by Gasteiger charge is -2.57. The number of benzene rings is 1. The molecule has 2 aromatic heterocycles. The lowest BCUT2D eigenvalue weighted by Crippen LogP contribution is -2.48. The molecule has 0 radical (unpaired) electrons. The summed E-state index contributed by atoms with van der Waals surface area (Å²) in [6, 6.07) is 20.3. The van der Waals surface area contributed by atoms with Crippen LogP contribution < -0.4 is 10.3 Å². The molecule has 0 atom stereocenters. The minimum Gasteiger partial charge on any atom is -0.494 e. The van der Waals surface area contributed by atoms with Crippen molar-refractivity contribution in [1.29, 1.82) is 0 Å². The molecule has 0 unspecified atom stereocenters. The van der Waals surface area contributed by atoms with Crippen LogP contribution in [0.5, 0.6) is 5.75 Å². The van der Waals surface area contributed by atoms with Crippen LogP contribution in [0, 0.1) is 17.8 Å². The summed E-state index contributed by atoms with van der Waals surface area (Å²) in [7, 11) is 0. The van der Waals surface area contributed by atoms with Gasteiger partial charge >= 0.3 is 0 Å². The average Bonchev–Trinajstić information content (AvgIpc) is 2.88. The largest absolute Gasteiger partial charge is 0.494 e. The third-order valence-electron chi connectivity index (χ3n) is 9.01. The Labute approximate surface area is 214 Å². The Kier molecular flexibility index (Phi) is 6.69. The highest BCUT2D eigenvalue weighted by atomic mass is 16.5. The zero-order valence-corrected chi connectivity index (χ0v) is 21.3. The van der Waals surface area contributed by atoms with Crippen molar-refractivity contribution in [2.75, 3.05) is 6.61 Å². The van der Waals surface area contributed by atoms with Crippen molar-refractivity contribution in [3.63, 3.8) is 0 Å². The predicted octanol–water partition coefficient (Wildman–Crippen LogP) is 6.88. The first kappa shape index (κ1) is 23.5. The lowest BCUT2D eigenvalue weighted by molar-refractivity contribution is -0.00520. The van der Waals surface area contributed by atoms with E-state index >= 15 is 0 Å². The monoisotopic (exact) mass is 482 g/mol. The highest BCUT2D eigenvalue weighted by Gasteiger charge is 2.51. The molecule has 4 fully saturated rings. The van der Waals surface area contributed by atoms with Gasteiger partial charge in [0.15, 0.2) is 0 Å². The number of hydrogen-bond acceptors (Lipinski definition) is 3. The van der Waals surface area contributed by atoms with Crippen molar-refractivity contribution in [1.82, 2.24) is 9.55 Å². The molecule has 2 heterocycles. The van der Waals surface area contributed by atoms with Crippen LogP contribution >= 0.6 is 0 Å². The Balaban J connectivity index is 0.948. The minimum absolute atomic E-state index is 0.0196. The van der Waals surface area contributed by atoms with Gasteiger partial charge in [0.2, 0.25) is 0 Å². The van der Waals surface area contributed by atoms with Gasteiger partial charge in [0, 0.05) is 18.0 Å². The van der Waals surface area contributed by atoms with Crippen LogP contribution in [0.2, 0.25) is 0 Å². The van der Waals surface area contributed by atoms with Crippen LogP contribution in [0.4, 0.5) is 0 Å². The van der Waals surface area contributed by atoms with Crippen LogP contribution in [0.3, 0.4) is 0 Å². The van der Waals surface area contributed by atoms with Gasteiger partial charge in [-0.25, -0.2) is 4.98 Å². The van der Waals surface area contributed by atoms with E-state index < -0.39 is 0 Å². The van der Waals surface area contributed by atoms with E-state index in [0.29, 0.717) is 11.2 Å². The Hall–Kier alpha value is -2.88. The van der Waals surface area contributed by atoms with Crippen molar-refractivity contribution in [3.8, 4) is 11.6 Å². The molecule has 4 nitrogen and oxygen atoms in total. The van der Waals surface area contributed by atoms with Crippen molar-refractivity contribution >= 4 is 0 Å². The summed E-state index contributed by atoms with van der Waals surface area (Å²) in [5.74, 6) is 4.65. The number of aryl methyl sites for hydroxylation is 1. The lowest BCUT2D eigenvalue weighted by atomic mass is 9.48. The number of aromatic nitrogens is 2. The van der Waals surface area contributed by atoms with Crippen LogP contribution in [0.1, 0.15) is 75.5 Å². The Morgan fingerprint density at radius 3 is 2.22 bits per heavy atom. The van der Waals surface area contributed by atoms with Gasteiger partial charge in [0.05, 0.1) is 6.61 Å². The summed E-state index contributed by atoms with van der Waals surface area (Å²) in [5, 5.41) is 0. The highest BCUT2D eigenvalue weighted by molar-refractivity contribution is 5.34. The Morgan fingerprint density at radius 2 is 1.53 bits per heavy atom. The van der Waals surface area contributed by atoms with E-state index in [-0.39, 0.29) is 5.56 Å². The van der Waals surface area contributed by atoms with Gasteiger partial charge < -0.3 is 4.74 Å². The molecule has 0 amide bonds. The highest BCUT2D eigenvalue weighted by Crippen LogP contribution is 2.60. The molecule has 0 N–H and O–H groups in total. The molecular weight excluding hydrogens is 444 g/mol. The van der Waals surface area contributed by atoms with E-state index in [1.165, 1.54) is 38.5 Å². The van der Waals surface area contributed by atoms with Crippen molar-refractivity contribution in [2.45, 2.75) is 76.0 Å². The van der Waals surface area contributed by atoms with Gasteiger partial charge in [-0.3, -0.25) is 9.36 Å². The summed E-state index contributed by atoms with van der Waals surface area (Å²) in [4.78, 5) is 16.8. The van der Waals surface area contributed by atoms with E-state index in [1.807, 2.05) is 30.3 Å². The topological polar surface area (TPSA) is 44.1 Å². The fourth-order valence-corrected chi connectivity index (χ4v) is 7.79. The van der Waals surface area contributed by atoms with Crippen molar-refractivity contribution in [3.05, 3.63) is 88.5 Å². The van der Waals surface area contributed by atoms with Gasteiger partial charge in [-0.1, -0.05) is 37.1 Å². The summed E-state index contributed by atoms with van der Waals surface area (Å²) < 4.78 is 7.82. The Bertz CT molecular complexity index is 1180. The van der Waals surface area contributed by atoms with Gasteiger partial charge in [-0.15, -0.1) is 0 Å². The third-order valence-corrected chi connectivity index (χ3v) is 9.01. The van der Waals surface area contributed by atoms with Gasteiger partial charge in [0.1, 0.15) is 11.6 Å². The molecule has 4 heteroatoms. The van der Waals surface area contributed by atoms with E-state index in [1.54, 1.807) is 22.4 Å². The molecule has 4 saturated carbocycles. The molecule has 0 spiro atoms. The molecule has 0 saturated heterocycles. The van der Waals surface area contributed by atoms with E-state index in [9.17, 15) is 4.79 Å². The normalized spacial score (nSPS) is 26.3. The molecule has 3 aromatic rings. The fourth-order valence-electron chi connectivity index (χ4n) is 7.79. The predicted molar refractivity (Wildman–Crippen MR) is 144 cm³/mol. The second kappa shape index (κ2) is 10.2. The molecule has 1 aromatic carbocycles. The first-order valence-electron chi connectivity index (χ1n) is 14.0. The maximum atomic E-state index is 12.4. The van der Waals surface area contributed by atoms with Gasteiger partial charge in [-0.05, 0) is 117 Å². The first-order chi connectivity index (χ1) is 17.7. The fraction of sp³-hybridized carbons (Fsp3) is 0.500. The number of ether oxygens (including phenoxy) is 1. The first-order valence-corrected chi connectivity index (χ1v) is 14.0. The SMILES string of the molecule is O=c1cccc(CCCCCCOc2ccc(C34CC5CC(CC(C5)C3)C4)cc2)n1-c1ccccn1. The summed E-state index contributed by atoms with van der Waals surface area (Å²) in [6.07, 6.45) is 15.7. The molecule has 0 aliphatic heterocycles. The molecular formula is C32H38N2O2. The van der Waals surface area contributed by atoms with Crippen LogP contribution in [0.15, 0.2) is 71.7 Å². The second-order valence-corrected chi connectivity index (χ2v) is 11.6. The number of unbranched alkanes of at least 4 members (excludes halogenated alkanes) is 3. The summed E-state index contributed by atoms with van der Waals surface area (Å²) in [6.45, 7) is 0.765. The number of pyridine rings is 2. The van der Waals surface area contributed by atoms with Crippen LogP contribution in [0.25, 0.3) is 5.82 Å². The van der Waals surface area contributed by atoms with Gasteiger partial charge in [-0.2, -0.15) is 0 Å². The van der Waals surface area contributed by atoms with Crippen molar-refractivity contribution < 1.29 is 4.74 Å². The molecule has 4 aliphatic carbocycles. The van der Waals surface area contributed by atoms with Crippen LogP contribution in [-0.4, -0.2) is 16.2 Å². The average molecular weight is 483 g/mol. The molecule has 7 rings (SSSR count).